The van der Waals surface area contributed by atoms with Gasteiger partial charge in [-0.05, 0) is 30.4 Å². The van der Waals surface area contributed by atoms with Crippen LogP contribution >= 0.6 is 0 Å². The van der Waals surface area contributed by atoms with Crippen molar-refractivity contribution in [2.75, 3.05) is 0 Å². The molecule has 2 atom stereocenters. The fourth-order valence-corrected chi connectivity index (χ4v) is 2.02. The summed E-state index contributed by atoms with van der Waals surface area (Å²) in [5, 5.41) is 0. The normalized spacial score (nSPS) is 22.6. The van der Waals surface area contributed by atoms with Crippen molar-refractivity contribution in [1.82, 2.24) is 0 Å². The second-order valence-corrected chi connectivity index (χ2v) is 4.18. The first-order valence-corrected chi connectivity index (χ1v) is 5.28. The van der Waals surface area contributed by atoms with E-state index in [0.29, 0.717) is 0 Å². The molecule has 0 radical (unpaired) electrons. The molecule has 2 rings (SSSR count). The predicted molar refractivity (Wildman–Crippen MR) is 62.8 cm³/mol. The molecule has 4 heteroatoms. The number of guanidine groups is 1. The molecule has 84 valence electrons. The molecule has 0 aliphatic heterocycles. The number of hydrogen-bond donors (Lipinski definition) is 2. The maximum Gasteiger partial charge on any atom is 0.252 e. The zero-order valence-corrected chi connectivity index (χ0v) is 9.18. The van der Waals surface area contributed by atoms with E-state index in [2.05, 4.69) is 24.0 Å². The van der Waals surface area contributed by atoms with Gasteiger partial charge < -0.3 is 11.5 Å². The summed E-state index contributed by atoms with van der Waals surface area (Å²) in [5.41, 5.74) is 12.8. The molecule has 16 heavy (non-hydrogen) atoms. The first-order valence-electron chi connectivity index (χ1n) is 5.28. The fourth-order valence-electron chi connectivity index (χ4n) is 2.02. The quantitative estimate of drug-likeness (QED) is 0.570. The Kier molecular flexibility index (Phi) is 2.64. The number of nitrogens with zero attached hydrogens (tertiary/aromatic N) is 1. The van der Waals surface area contributed by atoms with E-state index in [-0.39, 0.29) is 23.7 Å². The lowest BCUT2D eigenvalue weighted by Crippen LogP contribution is -2.24. The number of aliphatic imine (C=N–C) groups is 1. The third-order valence-electron chi connectivity index (χ3n) is 2.93. The first-order chi connectivity index (χ1) is 7.59. The molecule has 1 aliphatic rings. The highest BCUT2D eigenvalue weighted by atomic mass is 16.1. The third-order valence-corrected chi connectivity index (χ3v) is 2.93. The monoisotopic (exact) mass is 217 g/mol. The maximum absolute atomic E-state index is 11.6. The number of aryl methyl sites for hydroxylation is 1. The Balaban J connectivity index is 2.10. The van der Waals surface area contributed by atoms with Gasteiger partial charge in [0.15, 0.2) is 5.96 Å². The summed E-state index contributed by atoms with van der Waals surface area (Å²) >= 11 is 0. The van der Waals surface area contributed by atoms with Crippen molar-refractivity contribution in [2.45, 2.75) is 19.3 Å². The molecule has 1 fully saturated rings. The number of carbonyl (C=O) groups is 1. The molecule has 0 heterocycles. The van der Waals surface area contributed by atoms with Gasteiger partial charge >= 0.3 is 0 Å². The minimum Gasteiger partial charge on any atom is -0.370 e. The molecule has 0 saturated heterocycles. The van der Waals surface area contributed by atoms with Gasteiger partial charge in [0.05, 0.1) is 0 Å². The molecule has 1 aromatic carbocycles. The SMILES string of the molecule is Cc1ccccc1C1CC1C(=O)N=C(N)N. The van der Waals surface area contributed by atoms with Crippen molar-refractivity contribution < 1.29 is 4.79 Å². The number of nitrogens with two attached hydrogens (primary N) is 2. The predicted octanol–water partition coefficient (Wildman–Crippen LogP) is 0.899. The van der Waals surface area contributed by atoms with Crippen molar-refractivity contribution >= 4 is 11.9 Å². The molecule has 0 spiro atoms. The summed E-state index contributed by atoms with van der Waals surface area (Å²) in [6, 6.07) is 8.09. The van der Waals surface area contributed by atoms with Gasteiger partial charge in [-0.2, -0.15) is 4.99 Å². The molecule has 4 N–H and O–H groups in total. The van der Waals surface area contributed by atoms with Crippen molar-refractivity contribution in [3.05, 3.63) is 35.4 Å². The van der Waals surface area contributed by atoms with Crippen molar-refractivity contribution in [2.24, 2.45) is 22.4 Å². The molecule has 1 aromatic rings. The Labute approximate surface area is 94.4 Å². The number of benzene rings is 1. The van der Waals surface area contributed by atoms with Gasteiger partial charge in [-0.3, -0.25) is 4.79 Å². The molecule has 1 amide bonds. The summed E-state index contributed by atoms with van der Waals surface area (Å²) in [5.74, 6) is -0.103. The summed E-state index contributed by atoms with van der Waals surface area (Å²) in [7, 11) is 0. The smallest absolute Gasteiger partial charge is 0.252 e. The van der Waals surface area contributed by atoms with Crippen LogP contribution in [-0.4, -0.2) is 11.9 Å². The Morgan fingerprint density at radius 2 is 2.06 bits per heavy atom. The van der Waals surface area contributed by atoms with E-state index < -0.39 is 0 Å². The molecule has 2 unspecified atom stereocenters. The molecule has 1 aliphatic carbocycles. The van der Waals surface area contributed by atoms with E-state index >= 15 is 0 Å². The van der Waals surface area contributed by atoms with Crippen LogP contribution in [0.1, 0.15) is 23.5 Å². The molecule has 0 bridgehead atoms. The fraction of sp³-hybridized carbons (Fsp3) is 0.333. The van der Waals surface area contributed by atoms with Gasteiger partial charge in [-0.1, -0.05) is 24.3 Å². The van der Waals surface area contributed by atoms with Crippen LogP contribution in [0.15, 0.2) is 29.3 Å². The maximum atomic E-state index is 11.6. The highest BCUT2D eigenvalue weighted by Crippen LogP contribution is 2.49. The molecular weight excluding hydrogens is 202 g/mol. The Morgan fingerprint density at radius 1 is 1.38 bits per heavy atom. The van der Waals surface area contributed by atoms with Gasteiger partial charge in [0, 0.05) is 5.92 Å². The van der Waals surface area contributed by atoms with Gasteiger partial charge in [-0.25, -0.2) is 0 Å². The largest absolute Gasteiger partial charge is 0.370 e. The highest BCUT2D eigenvalue weighted by Gasteiger charge is 2.44. The van der Waals surface area contributed by atoms with Crippen LogP contribution in [0.3, 0.4) is 0 Å². The van der Waals surface area contributed by atoms with Gasteiger partial charge in [0.2, 0.25) is 0 Å². The molecule has 1 saturated carbocycles. The minimum atomic E-state index is -0.201. The molecular formula is C12H15N3O. The zero-order valence-electron chi connectivity index (χ0n) is 9.18. The topological polar surface area (TPSA) is 81.5 Å². The number of carbonyl (C=O) groups excluding carboxylic acids is 1. The average molecular weight is 217 g/mol. The lowest BCUT2D eigenvalue weighted by Gasteiger charge is -2.02. The second-order valence-electron chi connectivity index (χ2n) is 4.18. The van der Waals surface area contributed by atoms with Gasteiger partial charge in [0.25, 0.3) is 5.91 Å². The van der Waals surface area contributed by atoms with E-state index in [9.17, 15) is 4.79 Å². The Morgan fingerprint density at radius 3 is 2.69 bits per heavy atom. The van der Waals surface area contributed by atoms with Crippen LogP contribution in [0.25, 0.3) is 0 Å². The summed E-state index contributed by atoms with van der Waals surface area (Å²) in [4.78, 5) is 15.1. The van der Waals surface area contributed by atoms with E-state index in [1.54, 1.807) is 0 Å². The standard InChI is InChI=1S/C12H15N3O/c1-7-4-2-3-5-8(7)9-6-10(9)11(16)15-12(13)14/h2-5,9-10H,6H2,1H3,(H4,13,14,15,16). The lowest BCUT2D eigenvalue weighted by atomic mass is 10.0. The van der Waals surface area contributed by atoms with Crippen molar-refractivity contribution in [3.63, 3.8) is 0 Å². The van der Waals surface area contributed by atoms with Crippen LogP contribution < -0.4 is 11.5 Å². The van der Waals surface area contributed by atoms with Crippen LogP contribution in [0.5, 0.6) is 0 Å². The van der Waals surface area contributed by atoms with Crippen molar-refractivity contribution in [1.29, 1.82) is 0 Å². The summed E-state index contributed by atoms with van der Waals surface area (Å²) < 4.78 is 0. The van der Waals surface area contributed by atoms with Crippen LogP contribution in [0.2, 0.25) is 0 Å². The zero-order chi connectivity index (χ0) is 11.7. The molecule has 0 aromatic heterocycles. The highest BCUT2D eigenvalue weighted by molar-refractivity contribution is 5.94. The van der Waals surface area contributed by atoms with Gasteiger partial charge in [-0.15, -0.1) is 0 Å². The van der Waals surface area contributed by atoms with E-state index in [1.807, 2.05) is 12.1 Å². The Hall–Kier alpha value is -1.84. The van der Waals surface area contributed by atoms with E-state index in [1.165, 1.54) is 11.1 Å². The van der Waals surface area contributed by atoms with Gasteiger partial charge in [0.1, 0.15) is 0 Å². The number of hydrogen-bond acceptors (Lipinski definition) is 1. The van der Waals surface area contributed by atoms with E-state index in [0.717, 1.165) is 6.42 Å². The number of amides is 1. The lowest BCUT2D eigenvalue weighted by molar-refractivity contribution is -0.119. The van der Waals surface area contributed by atoms with Crippen molar-refractivity contribution in [3.8, 4) is 0 Å². The summed E-state index contributed by atoms with van der Waals surface area (Å²) in [6.45, 7) is 2.05. The van der Waals surface area contributed by atoms with Crippen LogP contribution in [0.4, 0.5) is 0 Å². The van der Waals surface area contributed by atoms with Crippen LogP contribution in [0, 0.1) is 12.8 Å². The number of rotatable bonds is 2. The second kappa shape index (κ2) is 3.96. The average Bonchev–Trinajstić information content (AvgIpc) is 2.97. The third kappa shape index (κ3) is 2.05. The first kappa shape index (κ1) is 10.7. The Bertz CT molecular complexity index is 449. The van der Waals surface area contributed by atoms with Crippen LogP contribution in [-0.2, 0) is 4.79 Å². The van der Waals surface area contributed by atoms with E-state index in [4.69, 9.17) is 11.5 Å². The minimum absolute atomic E-state index is 0.0387. The molecule has 4 nitrogen and oxygen atoms in total. The summed E-state index contributed by atoms with van der Waals surface area (Å²) in [6.07, 6.45) is 0.848.